The number of benzene rings is 8. The van der Waals surface area contributed by atoms with Gasteiger partial charge in [0.15, 0.2) is 0 Å². The molecule has 2 aliphatic heterocycles. The highest BCUT2D eigenvalue weighted by Gasteiger charge is 2.43. The highest BCUT2D eigenvalue weighted by Crippen LogP contribution is 2.44. The minimum atomic E-state index is 0.0704. The fourth-order valence-electron chi connectivity index (χ4n) is 8.79. The van der Waals surface area contributed by atoms with E-state index in [1.807, 2.05) is 0 Å². The maximum atomic E-state index is 2.46. The lowest BCUT2D eigenvalue weighted by molar-refractivity contribution is 1.18. The number of aromatic nitrogens is 1. The van der Waals surface area contributed by atoms with Gasteiger partial charge in [0.05, 0.1) is 11.0 Å². The SMILES string of the molecule is c1ccc(N2c3ccccc3B3c4cc(-c5ccc6c(c5)c5ccccc5n6-c5ccccc5)ccc4N(c4ccccc4)c4cccc2c43)cc1. The highest BCUT2D eigenvalue weighted by atomic mass is 15.2. The van der Waals surface area contributed by atoms with E-state index in [0.29, 0.717) is 0 Å². The summed E-state index contributed by atoms with van der Waals surface area (Å²) in [5, 5.41) is 2.52. The zero-order chi connectivity index (χ0) is 34.2. The van der Waals surface area contributed by atoms with Crippen molar-refractivity contribution < 1.29 is 0 Å². The normalized spacial score (nSPS) is 12.9. The summed E-state index contributed by atoms with van der Waals surface area (Å²) in [7, 11) is 0. The molecule has 0 saturated heterocycles. The number of rotatable bonds is 4. The van der Waals surface area contributed by atoms with Crippen molar-refractivity contribution in [2.45, 2.75) is 0 Å². The summed E-state index contributed by atoms with van der Waals surface area (Å²) in [4.78, 5) is 4.90. The van der Waals surface area contributed by atoms with E-state index in [1.165, 1.54) is 77.8 Å². The second-order valence-corrected chi connectivity index (χ2v) is 13.7. The maximum Gasteiger partial charge on any atom is 0.252 e. The molecule has 3 heterocycles. The topological polar surface area (TPSA) is 11.4 Å². The van der Waals surface area contributed by atoms with Gasteiger partial charge in [0.1, 0.15) is 0 Å². The molecule has 0 fully saturated rings. The Kier molecular flexibility index (Phi) is 6.35. The van der Waals surface area contributed by atoms with Gasteiger partial charge in [-0.2, -0.15) is 0 Å². The lowest BCUT2D eigenvalue weighted by Gasteiger charge is -2.44. The van der Waals surface area contributed by atoms with Crippen LogP contribution >= 0.6 is 0 Å². The van der Waals surface area contributed by atoms with Crippen LogP contribution in [-0.4, -0.2) is 11.3 Å². The van der Waals surface area contributed by atoms with E-state index in [4.69, 9.17) is 0 Å². The van der Waals surface area contributed by atoms with E-state index in [2.05, 4.69) is 208 Å². The smallest absolute Gasteiger partial charge is 0.252 e. The predicted molar refractivity (Wildman–Crippen MR) is 220 cm³/mol. The van der Waals surface area contributed by atoms with Crippen LogP contribution in [0.5, 0.6) is 0 Å². The molecule has 11 rings (SSSR count). The van der Waals surface area contributed by atoms with Crippen LogP contribution in [-0.2, 0) is 0 Å². The van der Waals surface area contributed by atoms with E-state index in [9.17, 15) is 0 Å². The third-order valence-electron chi connectivity index (χ3n) is 10.9. The van der Waals surface area contributed by atoms with E-state index < -0.39 is 0 Å². The number of hydrogen-bond acceptors (Lipinski definition) is 2. The standard InChI is InChI=1S/C48H32BN3/c1-4-15-35(16-5-1)50-42-23-12-10-21-38(42)39-31-33(27-29-43(39)50)34-28-30-45-41(32-34)49-40-22-11-13-24-44(40)51(36-17-6-2-7-18-36)46-25-14-26-47(48(46)49)52(45)37-19-8-3-9-20-37/h1-32H. The molecule has 0 amide bonds. The molecule has 2 aliphatic rings. The first kappa shape index (κ1) is 29.0. The minimum absolute atomic E-state index is 0.0704. The van der Waals surface area contributed by atoms with Crippen molar-refractivity contribution >= 4 is 79.0 Å². The molecule has 0 unspecified atom stereocenters. The average Bonchev–Trinajstić information content (AvgIpc) is 3.55. The molecule has 9 aromatic rings. The highest BCUT2D eigenvalue weighted by molar-refractivity contribution is 7.00. The summed E-state index contributed by atoms with van der Waals surface area (Å²) in [6.45, 7) is 0.0704. The van der Waals surface area contributed by atoms with Crippen LogP contribution in [0.1, 0.15) is 0 Å². The van der Waals surface area contributed by atoms with Crippen molar-refractivity contribution in [2.24, 2.45) is 0 Å². The first-order valence-electron chi connectivity index (χ1n) is 18.0. The Morgan fingerprint density at radius 3 is 1.56 bits per heavy atom. The van der Waals surface area contributed by atoms with Gasteiger partial charge in [-0.3, -0.25) is 0 Å². The summed E-state index contributed by atoms with van der Waals surface area (Å²) >= 11 is 0. The van der Waals surface area contributed by atoms with Crippen LogP contribution in [0.4, 0.5) is 34.1 Å². The molecule has 0 bridgehead atoms. The molecular weight excluding hydrogens is 629 g/mol. The number of nitrogens with zero attached hydrogens (tertiary/aromatic N) is 3. The Labute approximate surface area is 303 Å². The molecule has 4 heteroatoms. The molecule has 0 atom stereocenters. The van der Waals surface area contributed by atoms with Gasteiger partial charge in [0.25, 0.3) is 6.71 Å². The fourth-order valence-corrected chi connectivity index (χ4v) is 8.79. The molecule has 1 aromatic heterocycles. The number of fused-ring (bicyclic) bond motifs is 7. The quantitative estimate of drug-likeness (QED) is 0.174. The summed E-state index contributed by atoms with van der Waals surface area (Å²) < 4.78 is 2.38. The third-order valence-corrected chi connectivity index (χ3v) is 10.9. The van der Waals surface area contributed by atoms with Gasteiger partial charge in [-0.15, -0.1) is 0 Å². The van der Waals surface area contributed by atoms with Crippen molar-refractivity contribution in [1.82, 2.24) is 4.57 Å². The van der Waals surface area contributed by atoms with Gasteiger partial charge in [-0.1, -0.05) is 115 Å². The zero-order valence-corrected chi connectivity index (χ0v) is 28.4. The maximum absolute atomic E-state index is 2.46. The summed E-state index contributed by atoms with van der Waals surface area (Å²) in [6.07, 6.45) is 0. The lowest BCUT2D eigenvalue weighted by atomic mass is 9.33. The van der Waals surface area contributed by atoms with Crippen LogP contribution in [0.15, 0.2) is 194 Å². The summed E-state index contributed by atoms with van der Waals surface area (Å²) in [6, 6.07) is 70.9. The third kappa shape index (κ3) is 4.21. The Morgan fingerprint density at radius 1 is 0.327 bits per heavy atom. The molecule has 52 heavy (non-hydrogen) atoms. The predicted octanol–water partition coefficient (Wildman–Crippen LogP) is 10.5. The molecule has 0 saturated carbocycles. The van der Waals surface area contributed by atoms with Crippen LogP contribution in [0.25, 0.3) is 38.6 Å². The first-order chi connectivity index (χ1) is 25.8. The number of hydrogen-bond donors (Lipinski definition) is 0. The van der Waals surface area contributed by atoms with Crippen molar-refractivity contribution in [3.05, 3.63) is 194 Å². The van der Waals surface area contributed by atoms with Gasteiger partial charge < -0.3 is 14.4 Å². The van der Waals surface area contributed by atoms with E-state index >= 15 is 0 Å². The first-order valence-corrected chi connectivity index (χ1v) is 18.0. The molecule has 0 radical (unpaired) electrons. The van der Waals surface area contributed by atoms with E-state index in [1.54, 1.807) is 0 Å². The van der Waals surface area contributed by atoms with Gasteiger partial charge in [0, 0.05) is 50.6 Å². The Bertz CT molecular complexity index is 2790. The van der Waals surface area contributed by atoms with Crippen molar-refractivity contribution in [3.8, 4) is 16.8 Å². The van der Waals surface area contributed by atoms with Gasteiger partial charge in [-0.05, 0) is 106 Å². The summed E-state index contributed by atoms with van der Waals surface area (Å²) in [5.41, 5.74) is 17.2. The van der Waals surface area contributed by atoms with Crippen LogP contribution in [0.2, 0.25) is 0 Å². The lowest BCUT2D eigenvalue weighted by Crippen LogP contribution is -2.61. The van der Waals surface area contributed by atoms with Crippen molar-refractivity contribution in [2.75, 3.05) is 9.80 Å². The van der Waals surface area contributed by atoms with E-state index in [-0.39, 0.29) is 6.71 Å². The minimum Gasteiger partial charge on any atom is -0.311 e. The molecule has 8 aromatic carbocycles. The molecule has 242 valence electrons. The van der Waals surface area contributed by atoms with Crippen LogP contribution in [0, 0.1) is 0 Å². The number of anilines is 6. The molecule has 0 N–H and O–H groups in total. The summed E-state index contributed by atoms with van der Waals surface area (Å²) in [5.74, 6) is 0. The zero-order valence-electron chi connectivity index (χ0n) is 28.4. The van der Waals surface area contributed by atoms with Crippen molar-refractivity contribution in [3.63, 3.8) is 0 Å². The molecule has 0 aliphatic carbocycles. The molecule has 3 nitrogen and oxygen atoms in total. The van der Waals surface area contributed by atoms with Gasteiger partial charge >= 0.3 is 0 Å². The van der Waals surface area contributed by atoms with Gasteiger partial charge in [-0.25, -0.2) is 0 Å². The number of para-hydroxylation sites is 5. The van der Waals surface area contributed by atoms with E-state index in [0.717, 1.165) is 11.4 Å². The van der Waals surface area contributed by atoms with Crippen molar-refractivity contribution in [1.29, 1.82) is 0 Å². The fraction of sp³-hybridized carbons (Fsp3) is 0. The van der Waals surface area contributed by atoms with Crippen LogP contribution in [0.3, 0.4) is 0 Å². The Hall–Kier alpha value is -6.78. The van der Waals surface area contributed by atoms with Crippen LogP contribution < -0.4 is 26.2 Å². The second-order valence-electron chi connectivity index (χ2n) is 13.7. The van der Waals surface area contributed by atoms with Gasteiger partial charge in [0.2, 0.25) is 0 Å². The Balaban J connectivity index is 1.15. The average molecular weight is 662 g/mol. The second kappa shape index (κ2) is 11.4. The monoisotopic (exact) mass is 661 g/mol. The Morgan fingerprint density at radius 2 is 0.846 bits per heavy atom. The molecular formula is C48H32BN3. The largest absolute Gasteiger partial charge is 0.311 e. The molecule has 0 spiro atoms.